The Morgan fingerprint density at radius 1 is 0.919 bits per heavy atom. The van der Waals surface area contributed by atoms with Gasteiger partial charge in [-0.2, -0.15) is 4.98 Å². The number of nitrogens with zero attached hydrogens (tertiary/aromatic N) is 4. The number of carbonyl (C=O) groups excluding carboxylic acids is 1. The van der Waals surface area contributed by atoms with Gasteiger partial charge in [0.1, 0.15) is 0 Å². The number of amides is 1. The van der Waals surface area contributed by atoms with Crippen LogP contribution in [0.5, 0.6) is 0 Å². The van der Waals surface area contributed by atoms with E-state index in [0.717, 1.165) is 38.0 Å². The summed E-state index contributed by atoms with van der Waals surface area (Å²) in [5, 5.41) is 7.91. The van der Waals surface area contributed by atoms with Crippen LogP contribution in [0.4, 0.5) is 0 Å². The SMILES string of the molecule is O=C(NCc1cccc(CN2CCCCCC2)c1)C1CCN(Cc2nc(-c3cccc(Cl)c3)no2)CC1. The maximum atomic E-state index is 12.9. The molecule has 0 bridgehead atoms. The van der Waals surface area contributed by atoms with Gasteiger partial charge in [0.2, 0.25) is 17.6 Å². The van der Waals surface area contributed by atoms with Crippen molar-refractivity contribution in [2.45, 2.75) is 58.2 Å². The van der Waals surface area contributed by atoms with E-state index in [2.05, 4.69) is 49.5 Å². The van der Waals surface area contributed by atoms with Crippen LogP contribution in [-0.4, -0.2) is 52.0 Å². The zero-order chi connectivity index (χ0) is 25.5. The number of rotatable bonds is 8. The minimum Gasteiger partial charge on any atom is -0.352 e. The molecule has 2 saturated heterocycles. The number of nitrogens with one attached hydrogen (secondary N) is 1. The predicted molar refractivity (Wildman–Crippen MR) is 145 cm³/mol. The number of likely N-dealkylation sites (tertiary alicyclic amines) is 2. The third kappa shape index (κ3) is 7.40. The lowest BCUT2D eigenvalue weighted by atomic mass is 9.96. The van der Waals surface area contributed by atoms with E-state index in [0.29, 0.717) is 29.8 Å². The van der Waals surface area contributed by atoms with Crippen LogP contribution in [-0.2, 0) is 24.4 Å². The molecule has 2 aromatic carbocycles. The van der Waals surface area contributed by atoms with E-state index >= 15 is 0 Å². The van der Waals surface area contributed by atoms with Crippen LogP contribution >= 0.6 is 11.6 Å². The molecular weight excluding hydrogens is 486 g/mol. The fourth-order valence-corrected chi connectivity index (χ4v) is 5.52. The number of piperidine rings is 1. The number of aromatic nitrogens is 2. The number of carbonyl (C=O) groups is 1. The molecule has 1 amide bonds. The molecule has 0 atom stereocenters. The smallest absolute Gasteiger partial charge is 0.241 e. The lowest BCUT2D eigenvalue weighted by molar-refractivity contribution is -0.126. The first kappa shape index (κ1) is 25.9. The third-order valence-electron chi connectivity index (χ3n) is 7.43. The first-order valence-corrected chi connectivity index (χ1v) is 13.9. The van der Waals surface area contributed by atoms with Crippen molar-refractivity contribution >= 4 is 17.5 Å². The van der Waals surface area contributed by atoms with Crippen molar-refractivity contribution in [2.75, 3.05) is 26.2 Å². The van der Waals surface area contributed by atoms with Crippen molar-refractivity contribution < 1.29 is 9.32 Å². The van der Waals surface area contributed by atoms with Crippen molar-refractivity contribution in [3.8, 4) is 11.4 Å². The van der Waals surface area contributed by atoms with Crippen LogP contribution in [0.15, 0.2) is 53.1 Å². The highest BCUT2D eigenvalue weighted by Gasteiger charge is 2.26. The summed E-state index contributed by atoms with van der Waals surface area (Å²) < 4.78 is 5.46. The molecule has 3 heterocycles. The van der Waals surface area contributed by atoms with E-state index in [1.165, 1.54) is 49.9 Å². The maximum Gasteiger partial charge on any atom is 0.241 e. The number of hydrogen-bond acceptors (Lipinski definition) is 6. The lowest BCUT2D eigenvalue weighted by Gasteiger charge is -2.30. The van der Waals surface area contributed by atoms with Crippen LogP contribution in [0.1, 0.15) is 55.5 Å². The van der Waals surface area contributed by atoms with E-state index in [1.807, 2.05) is 24.3 Å². The summed E-state index contributed by atoms with van der Waals surface area (Å²) in [6, 6.07) is 16.1. The van der Waals surface area contributed by atoms with Gasteiger partial charge in [-0.15, -0.1) is 0 Å². The van der Waals surface area contributed by atoms with E-state index in [-0.39, 0.29) is 11.8 Å². The Hall–Kier alpha value is -2.74. The summed E-state index contributed by atoms with van der Waals surface area (Å²) in [5.74, 6) is 1.32. The fraction of sp³-hybridized carbons (Fsp3) is 0.483. The van der Waals surface area contributed by atoms with Crippen LogP contribution in [0.3, 0.4) is 0 Å². The molecule has 196 valence electrons. The van der Waals surface area contributed by atoms with Crippen molar-refractivity contribution in [3.05, 3.63) is 70.6 Å². The fourth-order valence-electron chi connectivity index (χ4n) is 5.33. The van der Waals surface area contributed by atoms with Gasteiger partial charge < -0.3 is 9.84 Å². The van der Waals surface area contributed by atoms with Gasteiger partial charge in [0.15, 0.2) is 0 Å². The molecule has 3 aromatic rings. The molecule has 1 aromatic heterocycles. The molecule has 2 aliphatic rings. The molecule has 1 N–H and O–H groups in total. The lowest BCUT2D eigenvalue weighted by Crippen LogP contribution is -2.40. The summed E-state index contributed by atoms with van der Waals surface area (Å²) in [6.07, 6.45) is 6.96. The predicted octanol–water partition coefficient (Wildman–Crippen LogP) is 5.29. The highest BCUT2D eigenvalue weighted by atomic mass is 35.5. The van der Waals surface area contributed by atoms with Crippen LogP contribution in [0.25, 0.3) is 11.4 Å². The number of benzene rings is 2. The van der Waals surface area contributed by atoms with Crippen molar-refractivity contribution in [1.29, 1.82) is 0 Å². The number of halogens is 1. The minimum atomic E-state index is 0.0428. The quantitative estimate of drug-likeness (QED) is 0.434. The van der Waals surface area contributed by atoms with Gasteiger partial charge >= 0.3 is 0 Å². The molecule has 0 radical (unpaired) electrons. The zero-order valence-corrected chi connectivity index (χ0v) is 22.1. The summed E-state index contributed by atoms with van der Waals surface area (Å²) in [5.41, 5.74) is 3.34. The first-order valence-electron chi connectivity index (χ1n) is 13.5. The van der Waals surface area contributed by atoms with E-state index < -0.39 is 0 Å². The Morgan fingerprint density at radius 3 is 2.43 bits per heavy atom. The Kier molecular flexibility index (Phi) is 8.87. The summed E-state index contributed by atoms with van der Waals surface area (Å²) >= 11 is 6.07. The summed E-state index contributed by atoms with van der Waals surface area (Å²) in [6.45, 7) is 6.22. The molecule has 0 spiro atoms. The second-order valence-corrected chi connectivity index (χ2v) is 10.7. The average Bonchev–Trinajstić information content (AvgIpc) is 3.23. The van der Waals surface area contributed by atoms with Crippen molar-refractivity contribution in [3.63, 3.8) is 0 Å². The molecule has 0 saturated carbocycles. The standard InChI is InChI=1S/C29H36ClN5O2/c30-26-10-6-9-25(18-26)28-32-27(37-33-28)21-35-15-11-24(12-16-35)29(36)31-19-22-7-5-8-23(17-22)20-34-13-3-1-2-4-14-34/h5-10,17-18,24H,1-4,11-16,19-21H2,(H,31,36). The van der Waals surface area contributed by atoms with Gasteiger partial charge in [0.25, 0.3) is 0 Å². The topological polar surface area (TPSA) is 74.5 Å². The van der Waals surface area contributed by atoms with Gasteiger partial charge in [-0.25, -0.2) is 0 Å². The molecule has 8 heteroatoms. The largest absolute Gasteiger partial charge is 0.352 e. The summed E-state index contributed by atoms with van der Waals surface area (Å²) in [4.78, 5) is 22.2. The van der Waals surface area contributed by atoms with E-state index in [9.17, 15) is 4.79 Å². The minimum absolute atomic E-state index is 0.0428. The zero-order valence-electron chi connectivity index (χ0n) is 21.4. The number of hydrogen-bond donors (Lipinski definition) is 1. The van der Waals surface area contributed by atoms with Crippen LogP contribution < -0.4 is 5.32 Å². The van der Waals surface area contributed by atoms with Gasteiger partial charge in [-0.3, -0.25) is 14.6 Å². The molecule has 0 aliphatic carbocycles. The third-order valence-corrected chi connectivity index (χ3v) is 7.67. The van der Waals surface area contributed by atoms with Gasteiger partial charge in [-0.1, -0.05) is 66.0 Å². The Labute approximate surface area is 224 Å². The van der Waals surface area contributed by atoms with E-state index in [1.54, 1.807) is 0 Å². The summed E-state index contributed by atoms with van der Waals surface area (Å²) in [7, 11) is 0. The monoisotopic (exact) mass is 521 g/mol. The molecule has 0 unspecified atom stereocenters. The van der Waals surface area contributed by atoms with Crippen LogP contribution in [0, 0.1) is 5.92 Å². The van der Waals surface area contributed by atoms with Crippen molar-refractivity contribution in [2.24, 2.45) is 5.92 Å². The molecule has 37 heavy (non-hydrogen) atoms. The van der Waals surface area contributed by atoms with Gasteiger partial charge in [0, 0.05) is 29.6 Å². The van der Waals surface area contributed by atoms with Gasteiger partial charge in [0.05, 0.1) is 6.54 Å². The van der Waals surface area contributed by atoms with E-state index in [4.69, 9.17) is 16.1 Å². The van der Waals surface area contributed by atoms with Crippen LogP contribution in [0.2, 0.25) is 5.02 Å². The molecular formula is C29H36ClN5O2. The second kappa shape index (κ2) is 12.7. The molecule has 2 aliphatic heterocycles. The highest BCUT2D eigenvalue weighted by molar-refractivity contribution is 6.30. The van der Waals surface area contributed by atoms with Crippen molar-refractivity contribution in [1.82, 2.24) is 25.3 Å². The second-order valence-electron chi connectivity index (χ2n) is 10.3. The molecule has 2 fully saturated rings. The first-order chi connectivity index (χ1) is 18.1. The Bertz CT molecular complexity index is 1170. The molecule has 7 nitrogen and oxygen atoms in total. The Morgan fingerprint density at radius 2 is 1.65 bits per heavy atom. The average molecular weight is 522 g/mol. The van der Waals surface area contributed by atoms with Gasteiger partial charge in [-0.05, 0) is 75.1 Å². The molecule has 5 rings (SSSR count). The Balaban J connectivity index is 1.06. The highest BCUT2D eigenvalue weighted by Crippen LogP contribution is 2.22. The normalized spacial score (nSPS) is 18.0. The maximum absolute atomic E-state index is 12.9.